The lowest BCUT2D eigenvalue weighted by Gasteiger charge is -2.09. The van der Waals surface area contributed by atoms with Crippen molar-refractivity contribution in [2.24, 2.45) is 5.73 Å². The fourth-order valence-corrected chi connectivity index (χ4v) is 2.93. The maximum atomic E-state index is 11.8. The Morgan fingerprint density at radius 2 is 2.37 bits per heavy atom. The minimum atomic E-state index is -0.693. The van der Waals surface area contributed by atoms with Crippen LogP contribution in [0.25, 0.3) is 0 Å². The number of thiazole rings is 1. The molecule has 2 heterocycles. The predicted molar refractivity (Wildman–Crippen MR) is 76.3 cm³/mol. The van der Waals surface area contributed by atoms with Gasteiger partial charge in [-0.3, -0.25) is 4.79 Å². The average molecular weight is 297 g/mol. The van der Waals surface area contributed by atoms with E-state index in [1.54, 1.807) is 5.38 Å². The van der Waals surface area contributed by atoms with Gasteiger partial charge in [0.2, 0.25) is 0 Å². The van der Waals surface area contributed by atoms with Crippen LogP contribution in [0.1, 0.15) is 40.1 Å². The molecule has 0 aliphatic heterocycles. The van der Waals surface area contributed by atoms with Crippen molar-refractivity contribution in [2.75, 3.05) is 6.54 Å². The number of nitrogens with zero attached hydrogens (tertiary/aromatic N) is 1. The zero-order valence-corrected chi connectivity index (χ0v) is 12.0. The molecule has 4 N–H and O–H groups in total. The van der Waals surface area contributed by atoms with Crippen LogP contribution in [-0.2, 0) is 0 Å². The summed E-state index contributed by atoms with van der Waals surface area (Å²) in [5, 5.41) is 18.6. The number of thiophene rings is 1. The van der Waals surface area contributed by atoms with Crippen LogP contribution in [0, 0.1) is 0 Å². The van der Waals surface area contributed by atoms with Crippen LogP contribution in [0.5, 0.6) is 0 Å². The third-order valence-corrected chi connectivity index (χ3v) is 4.28. The summed E-state index contributed by atoms with van der Waals surface area (Å²) in [6.07, 6.45) is -0.693. The second-order valence-corrected chi connectivity index (χ2v) is 5.81. The second-order valence-electron chi connectivity index (χ2n) is 4.14. The van der Waals surface area contributed by atoms with Gasteiger partial charge in [-0.25, -0.2) is 4.98 Å². The third kappa shape index (κ3) is 3.60. The molecule has 2 aromatic rings. The average Bonchev–Trinajstić information content (AvgIpc) is 3.05. The Morgan fingerprint density at radius 3 is 2.95 bits per heavy atom. The Morgan fingerprint density at radius 1 is 1.58 bits per heavy atom. The number of carbonyl (C=O) groups excluding carboxylic acids is 1. The second kappa shape index (κ2) is 6.25. The first kappa shape index (κ1) is 14.1. The van der Waals surface area contributed by atoms with E-state index in [-0.39, 0.29) is 18.5 Å². The molecule has 0 spiro atoms. The van der Waals surface area contributed by atoms with E-state index in [0.717, 1.165) is 10.6 Å². The van der Waals surface area contributed by atoms with Crippen LogP contribution >= 0.6 is 22.7 Å². The summed E-state index contributed by atoms with van der Waals surface area (Å²) in [4.78, 5) is 16.0. The molecule has 0 bridgehead atoms. The van der Waals surface area contributed by atoms with Gasteiger partial charge < -0.3 is 16.2 Å². The van der Waals surface area contributed by atoms with Crippen LogP contribution in [0.3, 0.4) is 0 Å². The number of rotatable bonds is 5. The highest BCUT2D eigenvalue weighted by molar-refractivity contribution is 7.10. The molecule has 0 saturated heterocycles. The topological polar surface area (TPSA) is 88.2 Å². The Hall–Kier alpha value is -1.28. The normalized spacial score (nSPS) is 14.1. The van der Waals surface area contributed by atoms with E-state index < -0.39 is 6.10 Å². The number of nitrogens with two attached hydrogens (primary N) is 1. The lowest BCUT2D eigenvalue weighted by Crippen LogP contribution is -2.28. The summed E-state index contributed by atoms with van der Waals surface area (Å²) < 4.78 is 0. The van der Waals surface area contributed by atoms with Crippen LogP contribution in [0.15, 0.2) is 22.2 Å². The summed E-state index contributed by atoms with van der Waals surface area (Å²) in [6.45, 7) is 1.99. The van der Waals surface area contributed by atoms with Gasteiger partial charge in [-0.2, -0.15) is 11.3 Å². The SMILES string of the molecule is CC(N)c1nc(C(=O)NCC(O)c2ccsc2)cs1. The molecule has 0 saturated carbocycles. The number of aromatic nitrogens is 1. The summed E-state index contributed by atoms with van der Waals surface area (Å²) in [6, 6.07) is 1.65. The molecule has 0 aliphatic rings. The number of amides is 1. The van der Waals surface area contributed by atoms with Crippen LogP contribution in [0.4, 0.5) is 0 Å². The molecule has 7 heteroatoms. The van der Waals surface area contributed by atoms with Crippen molar-refractivity contribution in [3.05, 3.63) is 38.5 Å². The van der Waals surface area contributed by atoms with Crippen molar-refractivity contribution in [1.82, 2.24) is 10.3 Å². The molecule has 0 aromatic carbocycles. The van der Waals surface area contributed by atoms with Gasteiger partial charge in [-0.15, -0.1) is 11.3 Å². The van der Waals surface area contributed by atoms with Crippen molar-refractivity contribution in [1.29, 1.82) is 0 Å². The fourth-order valence-electron chi connectivity index (χ4n) is 1.46. The smallest absolute Gasteiger partial charge is 0.270 e. The Kier molecular flexibility index (Phi) is 4.65. The van der Waals surface area contributed by atoms with Gasteiger partial charge in [0.15, 0.2) is 0 Å². The third-order valence-electron chi connectivity index (χ3n) is 2.53. The lowest BCUT2D eigenvalue weighted by molar-refractivity contribution is 0.0912. The van der Waals surface area contributed by atoms with Crippen LogP contribution < -0.4 is 11.1 Å². The van der Waals surface area contributed by atoms with E-state index in [0.29, 0.717) is 5.69 Å². The zero-order chi connectivity index (χ0) is 13.8. The first-order valence-corrected chi connectivity index (χ1v) is 7.59. The summed E-state index contributed by atoms with van der Waals surface area (Å²) in [5.41, 5.74) is 6.84. The lowest BCUT2D eigenvalue weighted by atomic mass is 10.2. The first-order valence-electron chi connectivity index (χ1n) is 5.77. The standard InChI is InChI=1S/C12H15N3O2S2/c1-7(13)12-15-9(6-19-12)11(17)14-4-10(16)8-2-3-18-5-8/h2-3,5-7,10,16H,4,13H2,1H3,(H,14,17). The molecule has 102 valence electrons. The number of aliphatic hydroxyl groups excluding tert-OH is 1. The maximum absolute atomic E-state index is 11.8. The molecule has 2 aromatic heterocycles. The van der Waals surface area contributed by atoms with E-state index in [1.165, 1.54) is 22.7 Å². The fraction of sp³-hybridized carbons (Fsp3) is 0.333. The van der Waals surface area contributed by atoms with Gasteiger partial charge in [-0.05, 0) is 29.3 Å². The van der Waals surface area contributed by atoms with Crippen LogP contribution in [-0.4, -0.2) is 22.5 Å². The highest BCUT2D eigenvalue weighted by Crippen LogP contribution is 2.17. The predicted octanol–water partition coefficient (Wildman–Crippen LogP) is 1.69. The molecule has 0 fully saturated rings. The van der Waals surface area contributed by atoms with Gasteiger partial charge in [-0.1, -0.05) is 0 Å². The molecule has 2 rings (SSSR count). The largest absolute Gasteiger partial charge is 0.387 e. The van der Waals surface area contributed by atoms with E-state index in [2.05, 4.69) is 10.3 Å². The number of aliphatic hydroxyl groups is 1. The number of nitrogens with one attached hydrogen (secondary N) is 1. The monoisotopic (exact) mass is 297 g/mol. The van der Waals surface area contributed by atoms with E-state index in [1.807, 2.05) is 23.8 Å². The first-order chi connectivity index (χ1) is 9.08. The van der Waals surface area contributed by atoms with Crippen molar-refractivity contribution in [3.63, 3.8) is 0 Å². The van der Waals surface area contributed by atoms with Crippen LogP contribution in [0.2, 0.25) is 0 Å². The highest BCUT2D eigenvalue weighted by Gasteiger charge is 2.14. The molecular formula is C12H15N3O2S2. The van der Waals surface area contributed by atoms with Crippen molar-refractivity contribution < 1.29 is 9.90 Å². The Balaban J connectivity index is 1.90. The number of hydrogen-bond acceptors (Lipinski definition) is 6. The maximum Gasteiger partial charge on any atom is 0.270 e. The van der Waals surface area contributed by atoms with Crippen molar-refractivity contribution in [2.45, 2.75) is 19.1 Å². The molecule has 1 amide bonds. The number of carbonyl (C=O) groups is 1. The molecule has 5 nitrogen and oxygen atoms in total. The zero-order valence-electron chi connectivity index (χ0n) is 10.4. The molecule has 0 aliphatic carbocycles. The summed E-state index contributed by atoms with van der Waals surface area (Å²) >= 11 is 2.87. The van der Waals surface area contributed by atoms with Gasteiger partial charge in [0.1, 0.15) is 10.7 Å². The van der Waals surface area contributed by atoms with Gasteiger partial charge in [0.05, 0.1) is 12.1 Å². The van der Waals surface area contributed by atoms with E-state index >= 15 is 0 Å². The summed E-state index contributed by atoms with van der Waals surface area (Å²) in [5.74, 6) is -0.294. The van der Waals surface area contributed by atoms with Crippen molar-refractivity contribution in [3.8, 4) is 0 Å². The molecule has 2 unspecified atom stereocenters. The minimum Gasteiger partial charge on any atom is -0.387 e. The quantitative estimate of drug-likeness (QED) is 0.783. The Labute approximate surface area is 119 Å². The molecular weight excluding hydrogens is 282 g/mol. The highest BCUT2D eigenvalue weighted by atomic mass is 32.1. The van der Waals surface area contributed by atoms with E-state index in [9.17, 15) is 9.90 Å². The number of hydrogen-bond donors (Lipinski definition) is 3. The molecule has 0 radical (unpaired) electrons. The van der Waals surface area contributed by atoms with Crippen molar-refractivity contribution >= 4 is 28.6 Å². The molecule has 19 heavy (non-hydrogen) atoms. The van der Waals surface area contributed by atoms with E-state index in [4.69, 9.17) is 5.73 Å². The van der Waals surface area contributed by atoms with Gasteiger partial charge in [0.25, 0.3) is 5.91 Å². The molecule has 2 atom stereocenters. The summed E-state index contributed by atoms with van der Waals surface area (Å²) in [7, 11) is 0. The Bertz CT molecular complexity index is 537. The van der Waals surface area contributed by atoms with Gasteiger partial charge in [0, 0.05) is 11.9 Å². The van der Waals surface area contributed by atoms with Gasteiger partial charge >= 0.3 is 0 Å². The minimum absolute atomic E-state index is 0.167.